The number of nitrogens with one attached hydrogen (secondary N) is 2. The normalized spacial score (nSPS) is 19.3. The maximum Gasteiger partial charge on any atom is 0.391 e. The number of imide groups is 2. The second kappa shape index (κ2) is 19.3. The third-order valence-corrected chi connectivity index (χ3v) is 11.2. The van der Waals surface area contributed by atoms with Crippen LogP contribution in [0.25, 0.3) is 6.08 Å². The van der Waals surface area contributed by atoms with E-state index >= 15 is 0 Å². The summed E-state index contributed by atoms with van der Waals surface area (Å²) in [6, 6.07) is 12.5. The van der Waals surface area contributed by atoms with Gasteiger partial charge in [-0.15, -0.1) is 0 Å². The first kappa shape index (κ1) is 43.5. The first-order valence-corrected chi connectivity index (χ1v) is 20.1. The first-order chi connectivity index (χ1) is 28.7. The van der Waals surface area contributed by atoms with Crippen LogP contribution in [0.2, 0.25) is 0 Å². The van der Waals surface area contributed by atoms with Crippen LogP contribution in [0.5, 0.6) is 11.5 Å². The Morgan fingerprint density at radius 1 is 0.950 bits per heavy atom. The van der Waals surface area contributed by atoms with Crippen LogP contribution in [0.15, 0.2) is 60.8 Å². The Bertz CT molecular complexity index is 2150. The van der Waals surface area contributed by atoms with Gasteiger partial charge in [-0.3, -0.25) is 39.0 Å². The minimum Gasteiger partial charge on any atom is -0.495 e. The molecule has 3 aromatic rings. The lowest BCUT2D eigenvalue weighted by Gasteiger charge is -2.28. The molecule has 1 aromatic heterocycles. The number of rotatable bonds is 16. The van der Waals surface area contributed by atoms with Crippen molar-refractivity contribution in [3.05, 3.63) is 94.3 Å². The summed E-state index contributed by atoms with van der Waals surface area (Å²) in [5.41, 5.74) is 2.68. The monoisotopic (exact) mass is 831 g/mol. The van der Waals surface area contributed by atoms with Crippen LogP contribution >= 0.6 is 0 Å². The molecule has 0 bridgehead atoms. The Hall–Kier alpha value is -6.06. The molecule has 1 aliphatic carbocycles. The van der Waals surface area contributed by atoms with Crippen LogP contribution in [0, 0.1) is 11.8 Å². The molecule has 0 spiro atoms. The first-order valence-electron chi connectivity index (χ1n) is 20.1. The number of alkyl halides is 3. The molecule has 0 radical (unpaired) electrons. The van der Waals surface area contributed by atoms with Crippen LogP contribution in [-0.4, -0.2) is 89.8 Å². The van der Waals surface area contributed by atoms with E-state index in [0.717, 1.165) is 28.9 Å². The summed E-state index contributed by atoms with van der Waals surface area (Å²) >= 11 is 0. The second-order valence-corrected chi connectivity index (χ2v) is 15.4. The van der Waals surface area contributed by atoms with Crippen molar-refractivity contribution in [3.8, 4) is 11.5 Å². The number of pyridine rings is 1. The topological polar surface area (TPSA) is 164 Å². The highest BCUT2D eigenvalue weighted by atomic mass is 19.4. The van der Waals surface area contributed by atoms with Gasteiger partial charge in [0, 0.05) is 32.1 Å². The highest BCUT2D eigenvalue weighted by Gasteiger charge is 2.45. The Kier molecular flexibility index (Phi) is 14.0. The molecule has 6 amide bonds. The van der Waals surface area contributed by atoms with Crippen molar-refractivity contribution < 1.29 is 51.4 Å². The maximum atomic E-state index is 13.1. The number of amides is 6. The molecule has 318 valence electrons. The number of piperidine rings is 1. The number of ether oxygens (including phenoxy) is 2. The van der Waals surface area contributed by atoms with Crippen LogP contribution in [0.1, 0.15) is 106 Å². The number of methoxy groups -OCH3 is 1. The molecule has 1 atom stereocenters. The van der Waals surface area contributed by atoms with Gasteiger partial charge in [-0.1, -0.05) is 36.4 Å². The lowest BCUT2D eigenvalue weighted by Crippen LogP contribution is -2.54. The van der Waals surface area contributed by atoms with Gasteiger partial charge in [0.2, 0.25) is 17.7 Å². The van der Waals surface area contributed by atoms with Crippen molar-refractivity contribution in [2.45, 2.75) is 83.0 Å². The van der Waals surface area contributed by atoms with E-state index in [4.69, 9.17) is 9.47 Å². The van der Waals surface area contributed by atoms with Crippen LogP contribution in [0.3, 0.4) is 0 Å². The smallest absolute Gasteiger partial charge is 0.391 e. The van der Waals surface area contributed by atoms with E-state index in [1.54, 1.807) is 30.2 Å². The Morgan fingerprint density at radius 2 is 1.70 bits per heavy atom. The van der Waals surface area contributed by atoms with Gasteiger partial charge < -0.3 is 19.7 Å². The maximum absolute atomic E-state index is 13.1. The molecular formula is C44H48F3N5O8. The molecule has 2 fully saturated rings. The molecule has 3 heterocycles. The van der Waals surface area contributed by atoms with E-state index in [-0.39, 0.29) is 67.3 Å². The number of unbranched alkanes of at least 4 members (excludes halogenated alkanes) is 2. The van der Waals surface area contributed by atoms with Gasteiger partial charge in [0.05, 0.1) is 43.4 Å². The van der Waals surface area contributed by atoms with Crippen LogP contribution in [0.4, 0.5) is 13.2 Å². The average Bonchev–Trinajstić information content (AvgIpc) is 3.47. The Labute approximate surface area is 345 Å². The van der Waals surface area contributed by atoms with Gasteiger partial charge in [0.15, 0.2) is 0 Å². The third-order valence-electron chi connectivity index (χ3n) is 11.2. The highest BCUT2D eigenvalue weighted by Crippen LogP contribution is 2.40. The largest absolute Gasteiger partial charge is 0.495 e. The Balaban J connectivity index is 0.906. The molecule has 6 rings (SSSR count). The van der Waals surface area contributed by atoms with Gasteiger partial charge in [-0.25, -0.2) is 4.98 Å². The number of benzene rings is 2. The second-order valence-electron chi connectivity index (χ2n) is 15.4. The van der Waals surface area contributed by atoms with Crippen LogP contribution in [-0.2, 0) is 27.3 Å². The Morgan fingerprint density at radius 3 is 2.43 bits per heavy atom. The van der Waals surface area contributed by atoms with E-state index in [1.807, 2.05) is 30.3 Å². The third kappa shape index (κ3) is 10.8. The van der Waals surface area contributed by atoms with E-state index in [1.165, 1.54) is 25.4 Å². The van der Waals surface area contributed by atoms with Crippen molar-refractivity contribution >= 4 is 41.5 Å². The fourth-order valence-corrected chi connectivity index (χ4v) is 7.68. The molecule has 2 aliphatic heterocycles. The van der Waals surface area contributed by atoms with Crippen molar-refractivity contribution in [1.82, 2.24) is 25.4 Å². The molecule has 1 saturated heterocycles. The zero-order valence-corrected chi connectivity index (χ0v) is 33.5. The van der Waals surface area contributed by atoms with Gasteiger partial charge in [-0.2, -0.15) is 13.2 Å². The molecular weight excluding hydrogens is 784 g/mol. The quantitative estimate of drug-likeness (QED) is 0.129. The number of hydrogen-bond acceptors (Lipinski definition) is 9. The molecule has 2 aromatic carbocycles. The van der Waals surface area contributed by atoms with E-state index in [0.29, 0.717) is 49.5 Å². The van der Waals surface area contributed by atoms with E-state index in [2.05, 4.69) is 15.6 Å². The number of allylic oxidation sites excluding steroid dienone is 1. The zero-order chi connectivity index (χ0) is 43.0. The lowest BCUT2D eigenvalue weighted by molar-refractivity contribution is -0.183. The van der Waals surface area contributed by atoms with Crippen molar-refractivity contribution in [2.24, 2.45) is 11.8 Å². The number of halogens is 3. The number of aromatic nitrogens is 1. The molecule has 2 N–H and O–H groups in total. The number of hydrogen-bond donors (Lipinski definition) is 2. The predicted molar refractivity (Wildman–Crippen MR) is 213 cm³/mol. The van der Waals surface area contributed by atoms with E-state index in [9.17, 15) is 41.9 Å². The van der Waals surface area contributed by atoms with Crippen molar-refractivity contribution in [3.63, 3.8) is 0 Å². The van der Waals surface area contributed by atoms with E-state index < -0.39 is 47.7 Å². The van der Waals surface area contributed by atoms with Gasteiger partial charge in [0.1, 0.15) is 23.2 Å². The molecule has 1 saturated carbocycles. The summed E-state index contributed by atoms with van der Waals surface area (Å²) in [6.45, 7) is 1.08. The number of likely N-dealkylation sites (N-methyl/N-ethyl adjacent to an activating group) is 1. The summed E-state index contributed by atoms with van der Waals surface area (Å²) < 4.78 is 50.5. The lowest BCUT2D eigenvalue weighted by atomic mass is 9.81. The summed E-state index contributed by atoms with van der Waals surface area (Å²) in [5, 5.41) is 5.04. The molecule has 1 unspecified atom stereocenters. The zero-order valence-electron chi connectivity index (χ0n) is 33.5. The fraction of sp³-hybridized carbons (Fsp3) is 0.432. The summed E-state index contributed by atoms with van der Waals surface area (Å²) in [7, 11) is 3.22. The number of carbonyl (C=O) groups is 6. The predicted octanol–water partition coefficient (Wildman–Crippen LogP) is 6.05. The molecule has 13 nitrogen and oxygen atoms in total. The molecule has 16 heteroatoms. The standard InChI is InChI=1S/C44H48F3N5O8/c1-51(19-4-3-5-20-60-32-15-16-33-34(24-32)43(58)52(42(33)57)36-17-18-38(53)50-41(36)56)39(54)22-28-7-6-8-29(21-28)25-49-40(55)35-23-30(37(59-2)26-48-35)12-9-27-10-13-31(14-11-27)44(45,46)47/h6-9,12,15-16,21,23-24,26-27,31,36H,3-5,10-11,13-14,17-20,22,25H2,1-2H3,(H,49,55)(H,50,53,56). The minimum absolute atomic E-state index is 0.00286. The molecule has 60 heavy (non-hydrogen) atoms. The summed E-state index contributed by atoms with van der Waals surface area (Å²) in [4.78, 5) is 82.7. The van der Waals surface area contributed by atoms with Gasteiger partial charge in [0.25, 0.3) is 17.7 Å². The van der Waals surface area contributed by atoms with Crippen molar-refractivity contribution in [2.75, 3.05) is 27.3 Å². The summed E-state index contributed by atoms with van der Waals surface area (Å²) in [5.74, 6) is -3.16. The fourth-order valence-electron chi connectivity index (χ4n) is 7.68. The number of nitrogens with zero attached hydrogens (tertiary/aromatic N) is 3. The van der Waals surface area contributed by atoms with Crippen molar-refractivity contribution in [1.29, 1.82) is 0 Å². The SMILES string of the molecule is COc1cnc(C(=O)NCc2cccc(CC(=O)N(C)CCCCCOc3ccc4c(c3)C(=O)N(C3CCC(=O)NC3=O)C4=O)c2)cc1C=CC1CCC(C(F)(F)F)CC1. The van der Waals surface area contributed by atoms with Gasteiger partial charge >= 0.3 is 6.18 Å². The highest BCUT2D eigenvalue weighted by molar-refractivity contribution is 6.23. The summed E-state index contributed by atoms with van der Waals surface area (Å²) in [6.07, 6.45) is 4.48. The van der Waals surface area contributed by atoms with Crippen LogP contribution < -0.4 is 20.1 Å². The van der Waals surface area contributed by atoms with Gasteiger partial charge in [-0.05, 0) is 92.7 Å². The number of carbonyl (C=O) groups excluding carboxylic acids is 6. The minimum atomic E-state index is -4.16. The average molecular weight is 832 g/mol. The molecule has 3 aliphatic rings. The number of fused-ring (bicyclic) bond motifs is 1.